The first-order chi connectivity index (χ1) is 15.2. The van der Waals surface area contributed by atoms with E-state index in [9.17, 15) is 18.0 Å². The standard InChI is InChI=1S/C21H24F3N7O2/c1-11-6-7-13(25)9-15(11)27-18-26-10-14(21(22,23)24)17(29-18)28-16-8-12(2)31(30-16)19(32)33-20(3,4)5/h6-10H,25H2,1-5H3,(H2,26,27,28,29,30). The van der Waals surface area contributed by atoms with Crippen molar-refractivity contribution in [3.63, 3.8) is 0 Å². The molecule has 0 aliphatic rings. The number of carbonyl (C=O) groups is 1. The lowest BCUT2D eigenvalue weighted by Gasteiger charge is -2.19. The molecule has 9 nitrogen and oxygen atoms in total. The predicted octanol–water partition coefficient (Wildman–Crippen LogP) is 5.16. The third kappa shape index (κ3) is 5.90. The number of nitrogens with zero attached hydrogens (tertiary/aromatic N) is 4. The van der Waals surface area contributed by atoms with Gasteiger partial charge in [-0.05, 0) is 52.3 Å². The number of benzene rings is 1. The zero-order valence-corrected chi connectivity index (χ0v) is 18.7. The van der Waals surface area contributed by atoms with E-state index in [2.05, 4.69) is 25.7 Å². The van der Waals surface area contributed by atoms with Crippen molar-refractivity contribution in [2.24, 2.45) is 0 Å². The van der Waals surface area contributed by atoms with Crippen molar-refractivity contribution in [2.45, 2.75) is 46.4 Å². The molecule has 0 atom stereocenters. The van der Waals surface area contributed by atoms with E-state index in [4.69, 9.17) is 10.5 Å². The van der Waals surface area contributed by atoms with Crippen LogP contribution in [0.5, 0.6) is 0 Å². The summed E-state index contributed by atoms with van der Waals surface area (Å²) >= 11 is 0. The minimum atomic E-state index is -4.73. The molecule has 0 aliphatic heterocycles. The molecular weight excluding hydrogens is 439 g/mol. The van der Waals surface area contributed by atoms with Crippen LogP contribution in [0, 0.1) is 13.8 Å². The fourth-order valence-electron chi connectivity index (χ4n) is 2.79. The molecule has 0 amide bonds. The van der Waals surface area contributed by atoms with E-state index < -0.39 is 29.3 Å². The Morgan fingerprint density at radius 3 is 2.45 bits per heavy atom. The van der Waals surface area contributed by atoms with Crippen LogP contribution in [-0.4, -0.2) is 31.4 Å². The maximum atomic E-state index is 13.6. The SMILES string of the molecule is Cc1ccc(N)cc1Nc1ncc(C(F)(F)F)c(Nc2cc(C)n(C(=O)OC(C)(C)C)n2)n1. The first kappa shape index (κ1) is 23.8. The van der Waals surface area contributed by atoms with Gasteiger partial charge in [-0.15, -0.1) is 5.10 Å². The van der Waals surface area contributed by atoms with Crippen molar-refractivity contribution < 1.29 is 22.7 Å². The molecule has 0 bridgehead atoms. The molecule has 0 aliphatic carbocycles. The Hall–Kier alpha value is -3.83. The van der Waals surface area contributed by atoms with Crippen LogP contribution in [0.15, 0.2) is 30.5 Å². The van der Waals surface area contributed by atoms with Crippen LogP contribution in [0.1, 0.15) is 37.6 Å². The third-order valence-electron chi connectivity index (χ3n) is 4.30. The fraction of sp³-hybridized carbons (Fsp3) is 0.333. The van der Waals surface area contributed by atoms with Gasteiger partial charge in [0.05, 0.1) is 0 Å². The molecule has 3 rings (SSSR count). The molecule has 176 valence electrons. The lowest BCUT2D eigenvalue weighted by Crippen LogP contribution is -2.28. The number of aromatic nitrogens is 4. The normalized spacial score (nSPS) is 11.9. The maximum Gasteiger partial charge on any atom is 0.435 e. The summed E-state index contributed by atoms with van der Waals surface area (Å²) in [7, 11) is 0. The molecule has 0 saturated heterocycles. The van der Waals surface area contributed by atoms with Gasteiger partial charge in [0.2, 0.25) is 5.95 Å². The topological polar surface area (TPSA) is 120 Å². The highest BCUT2D eigenvalue weighted by molar-refractivity contribution is 5.72. The number of aryl methyl sites for hydroxylation is 2. The molecule has 2 heterocycles. The molecule has 0 fully saturated rings. The van der Waals surface area contributed by atoms with E-state index in [1.54, 1.807) is 52.8 Å². The average Bonchev–Trinajstić information content (AvgIpc) is 3.03. The number of rotatable bonds is 4. The minimum absolute atomic E-state index is 0.0198. The number of carbonyl (C=O) groups excluding carboxylic acids is 1. The lowest BCUT2D eigenvalue weighted by atomic mass is 10.2. The minimum Gasteiger partial charge on any atom is -0.442 e. The molecule has 2 aromatic heterocycles. The third-order valence-corrected chi connectivity index (χ3v) is 4.30. The van der Waals surface area contributed by atoms with Gasteiger partial charge in [-0.2, -0.15) is 22.8 Å². The molecule has 0 unspecified atom stereocenters. The molecule has 0 spiro atoms. The van der Waals surface area contributed by atoms with Crippen molar-refractivity contribution in [2.75, 3.05) is 16.4 Å². The Kier molecular flexibility index (Phi) is 6.21. The summed E-state index contributed by atoms with van der Waals surface area (Å²) in [5, 5.41) is 9.42. The van der Waals surface area contributed by atoms with Gasteiger partial charge in [-0.1, -0.05) is 6.07 Å². The summed E-state index contributed by atoms with van der Waals surface area (Å²) < 4.78 is 46.9. The number of alkyl halides is 3. The van der Waals surface area contributed by atoms with Crippen molar-refractivity contribution in [3.8, 4) is 0 Å². The molecule has 0 radical (unpaired) electrons. The van der Waals surface area contributed by atoms with E-state index >= 15 is 0 Å². The van der Waals surface area contributed by atoms with Crippen LogP contribution in [-0.2, 0) is 10.9 Å². The van der Waals surface area contributed by atoms with Crippen LogP contribution < -0.4 is 16.4 Å². The molecule has 0 saturated carbocycles. The van der Waals surface area contributed by atoms with E-state index in [-0.39, 0.29) is 11.8 Å². The van der Waals surface area contributed by atoms with E-state index in [0.717, 1.165) is 10.2 Å². The Morgan fingerprint density at radius 2 is 1.82 bits per heavy atom. The Balaban J connectivity index is 1.94. The first-order valence-corrected chi connectivity index (χ1v) is 9.87. The molecule has 3 aromatic rings. The van der Waals surface area contributed by atoms with Gasteiger partial charge in [0, 0.05) is 29.3 Å². The van der Waals surface area contributed by atoms with Crippen molar-refractivity contribution in [1.29, 1.82) is 0 Å². The number of ether oxygens (including phenoxy) is 1. The van der Waals surface area contributed by atoms with Crippen LogP contribution in [0.3, 0.4) is 0 Å². The highest BCUT2D eigenvalue weighted by Gasteiger charge is 2.35. The number of anilines is 5. The number of hydrogen-bond donors (Lipinski definition) is 3. The molecule has 33 heavy (non-hydrogen) atoms. The largest absolute Gasteiger partial charge is 0.442 e. The second-order valence-electron chi connectivity index (χ2n) is 8.34. The quantitative estimate of drug-likeness (QED) is 0.454. The highest BCUT2D eigenvalue weighted by atomic mass is 19.4. The summed E-state index contributed by atoms with van der Waals surface area (Å²) in [5.74, 6) is -0.633. The first-order valence-electron chi connectivity index (χ1n) is 9.87. The lowest BCUT2D eigenvalue weighted by molar-refractivity contribution is -0.137. The number of nitrogens with two attached hydrogens (primary N) is 1. The second-order valence-corrected chi connectivity index (χ2v) is 8.34. The van der Waals surface area contributed by atoms with Crippen molar-refractivity contribution >= 4 is 35.1 Å². The van der Waals surface area contributed by atoms with Gasteiger partial charge in [-0.3, -0.25) is 0 Å². The van der Waals surface area contributed by atoms with E-state index in [1.165, 1.54) is 6.07 Å². The monoisotopic (exact) mass is 463 g/mol. The summed E-state index contributed by atoms with van der Waals surface area (Å²) in [6.45, 7) is 8.45. The van der Waals surface area contributed by atoms with Crippen molar-refractivity contribution in [3.05, 3.63) is 47.3 Å². The number of halogens is 3. The molecule has 4 N–H and O–H groups in total. The molecular formula is C21H24F3N7O2. The zero-order valence-electron chi connectivity index (χ0n) is 18.7. The molecule has 12 heteroatoms. The van der Waals surface area contributed by atoms with Gasteiger partial charge < -0.3 is 21.1 Å². The second kappa shape index (κ2) is 8.60. The smallest absolute Gasteiger partial charge is 0.435 e. The average molecular weight is 463 g/mol. The van der Waals surface area contributed by atoms with E-state index in [1.807, 2.05) is 0 Å². The number of nitrogen functional groups attached to an aromatic ring is 1. The zero-order chi connectivity index (χ0) is 24.6. The summed E-state index contributed by atoms with van der Waals surface area (Å²) in [6.07, 6.45) is -4.82. The van der Waals surface area contributed by atoms with E-state index in [0.29, 0.717) is 23.3 Å². The van der Waals surface area contributed by atoms with Crippen LogP contribution in [0.4, 0.5) is 46.9 Å². The van der Waals surface area contributed by atoms with Gasteiger partial charge in [0.15, 0.2) is 5.82 Å². The summed E-state index contributed by atoms with van der Waals surface area (Å²) in [4.78, 5) is 20.1. The van der Waals surface area contributed by atoms with Crippen LogP contribution in [0.2, 0.25) is 0 Å². The number of nitrogens with one attached hydrogen (secondary N) is 2. The summed E-state index contributed by atoms with van der Waals surface area (Å²) in [5.41, 5.74) is 6.10. The Bertz CT molecular complexity index is 1180. The molecule has 1 aromatic carbocycles. The number of hydrogen-bond acceptors (Lipinski definition) is 8. The van der Waals surface area contributed by atoms with Crippen LogP contribution in [0.25, 0.3) is 0 Å². The van der Waals surface area contributed by atoms with Gasteiger partial charge in [0.1, 0.15) is 17.0 Å². The predicted molar refractivity (Wildman–Crippen MR) is 118 cm³/mol. The Morgan fingerprint density at radius 1 is 1.12 bits per heavy atom. The van der Waals surface area contributed by atoms with Gasteiger partial charge >= 0.3 is 12.3 Å². The van der Waals surface area contributed by atoms with Gasteiger partial charge in [-0.25, -0.2) is 9.78 Å². The van der Waals surface area contributed by atoms with Gasteiger partial charge in [0.25, 0.3) is 0 Å². The fourth-order valence-corrected chi connectivity index (χ4v) is 2.79. The maximum absolute atomic E-state index is 13.6. The Labute approximate surface area is 188 Å². The van der Waals surface area contributed by atoms with Crippen molar-refractivity contribution in [1.82, 2.24) is 19.7 Å². The highest BCUT2D eigenvalue weighted by Crippen LogP contribution is 2.35. The van der Waals surface area contributed by atoms with Crippen LogP contribution >= 0.6 is 0 Å². The summed E-state index contributed by atoms with van der Waals surface area (Å²) in [6, 6.07) is 6.48.